The molecule has 0 saturated carbocycles. The Balaban J connectivity index is 5.16. The average molecular weight is 243 g/mol. The van der Waals surface area contributed by atoms with E-state index in [0.717, 1.165) is 5.06 Å². The maximum atomic E-state index is 12.2. The molecule has 0 spiro atoms. The van der Waals surface area contributed by atoms with Gasteiger partial charge in [-0.2, -0.15) is 5.06 Å². The molecule has 2 amide bonds. The lowest BCUT2D eigenvalue weighted by atomic mass is 9.92. The van der Waals surface area contributed by atoms with Crippen molar-refractivity contribution in [3.63, 3.8) is 0 Å². The quantitative estimate of drug-likeness (QED) is 0.701. The molecule has 4 heteroatoms. The van der Waals surface area contributed by atoms with E-state index in [0.29, 0.717) is 0 Å². The van der Waals surface area contributed by atoms with E-state index in [2.05, 4.69) is 0 Å². The van der Waals surface area contributed by atoms with Crippen LogP contribution >= 0.6 is 0 Å². The molecule has 0 unspecified atom stereocenters. The summed E-state index contributed by atoms with van der Waals surface area (Å²) < 4.78 is 0. The Morgan fingerprint density at radius 3 is 1.35 bits per heavy atom. The second kappa shape index (κ2) is 5.17. The number of carbonyl (C=O) groups is 2. The van der Waals surface area contributed by atoms with Crippen molar-refractivity contribution in [2.45, 2.75) is 61.5 Å². The first-order chi connectivity index (χ1) is 7.37. The third kappa shape index (κ3) is 4.86. The van der Waals surface area contributed by atoms with Crippen LogP contribution in [0, 0.1) is 10.8 Å². The zero-order valence-corrected chi connectivity index (χ0v) is 12.2. The van der Waals surface area contributed by atoms with E-state index in [-0.39, 0.29) is 17.9 Å². The Hall–Kier alpha value is -0.900. The minimum Gasteiger partial charge on any atom is -0.271 e. The predicted molar refractivity (Wildman–Crippen MR) is 67.0 cm³/mol. The molecule has 4 nitrogen and oxygen atoms in total. The van der Waals surface area contributed by atoms with Gasteiger partial charge >= 0.3 is 0 Å². The molecule has 0 aliphatic carbocycles. The SMILES string of the molecule is CC(C)ON(C(=O)C(C)(C)C)C(=O)C(C)(C)C. The molecule has 0 aromatic carbocycles. The Morgan fingerprint density at radius 2 is 1.18 bits per heavy atom. The zero-order chi connectivity index (χ0) is 14.0. The van der Waals surface area contributed by atoms with Gasteiger partial charge in [-0.15, -0.1) is 0 Å². The molecule has 17 heavy (non-hydrogen) atoms. The van der Waals surface area contributed by atoms with E-state index >= 15 is 0 Å². The highest BCUT2D eigenvalue weighted by Gasteiger charge is 2.38. The van der Waals surface area contributed by atoms with Gasteiger partial charge in [0.05, 0.1) is 6.10 Å². The van der Waals surface area contributed by atoms with E-state index < -0.39 is 10.8 Å². The summed E-state index contributed by atoms with van der Waals surface area (Å²) in [4.78, 5) is 29.7. The topological polar surface area (TPSA) is 46.6 Å². The van der Waals surface area contributed by atoms with Crippen LogP contribution in [0.1, 0.15) is 55.4 Å². The first kappa shape index (κ1) is 16.1. The molecule has 0 aromatic heterocycles. The number of hydrogen-bond donors (Lipinski definition) is 0. The molecule has 0 rings (SSSR count). The van der Waals surface area contributed by atoms with E-state index in [1.165, 1.54) is 0 Å². The van der Waals surface area contributed by atoms with Crippen molar-refractivity contribution >= 4 is 11.8 Å². The number of hydroxylamine groups is 2. The Kier molecular flexibility index (Phi) is 4.90. The molecule has 0 aromatic rings. The lowest BCUT2D eigenvalue weighted by Crippen LogP contribution is -2.48. The van der Waals surface area contributed by atoms with Gasteiger partial charge in [-0.05, 0) is 13.8 Å². The normalized spacial score (nSPS) is 12.8. The fourth-order valence-electron chi connectivity index (χ4n) is 1.01. The molecule has 0 N–H and O–H groups in total. The average Bonchev–Trinajstić information content (AvgIpc) is 2.08. The number of rotatable bonds is 2. The fraction of sp³-hybridized carbons (Fsp3) is 0.846. The summed E-state index contributed by atoms with van der Waals surface area (Å²) in [6.07, 6.45) is -0.215. The first-order valence-corrected chi connectivity index (χ1v) is 5.93. The molecule has 100 valence electrons. The van der Waals surface area contributed by atoms with E-state index in [1.807, 2.05) is 0 Å². The van der Waals surface area contributed by atoms with Crippen LogP contribution in [0.3, 0.4) is 0 Å². The molecular formula is C13H25NO3. The van der Waals surface area contributed by atoms with Gasteiger partial charge in [0.15, 0.2) is 0 Å². The minimum atomic E-state index is -0.643. The first-order valence-electron chi connectivity index (χ1n) is 5.93. The molecule has 0 aliphatic rings. The minimum absolute atomic E-state index is 0.215. The number of nitrogens with zero attached hydrogens (tertiary/aromatic N) is 1. The molecule has 0 atom stereocenters. The van der Waals surface area contributed by atoms with Crippen molar-refractivity contribution in [1.29, 1.82) is 0 Å². The van der Waals surface area contributed by atoms with Crippen molar-refractivity contribution < 1.29 is 14.4 Å². The van der Waals surface area contributed by atoms with Crippen molar-refractivity contribution in [2.24, 2.45) is 10.8 Å². The number of amides is 2. The summed E-state index contributed by atoms with van der Waals surface area (Å²) in [5.41, 5.74) is -1.29. The molecule has 0 aliphatic heterocycles. The Morgan fingerprint density at radius 1 is 0.882 bits per heavy atom. The third-order valence-corrected chi connectivity index (χ3v) is 1.97. The zero-order valence-electron chi connectivity index (χ0n) is 12.2. The standard InChI is InChI=1S/C13H25NO3/c1-9(2)17-14(10(15)12(3,4)5)11(16)13(6,7)8/h9H,1-8H3. The fourth-order valence-corrected chi connectivity index (χ4v) is 1.01. The van der Waals surface area contributed by atoms with Crippen molar-refractivity contribution in [3.05, 3.63) is 0 Å². The second-order valence-corrected chi connectivity index (χ2v) is 6.56. The van der Waals surface area contributed by atoms with Crippen molar-refractivity contribution in [2.75, 3.05) is 0 Å². The second-order valence-electron chi connectivity index (χ2n) is 6.56. The molecule has 0 bridgehead atoms. The summed E-state index contributed by atoms with van der Waals surface area (Å²) in [6.45, 7) is 14.2. The lowest BCUT2D eigenvalue weighted by molar-refractivity contribution is -0.216. The van der Waals surface area contributed by atoms with Gasteiger partial charge in [-0.25, -0.2) is 0 Å². The summed E-state index contributed by atoms with van der Waals surface area (Å²) >= 11 is 0. The maximum Gasteiger partial charge on any atom is 0.258 e. The number of imide groups is 1. The van der Waals surface area contributed by atoms with Crippen molar-refractivity contribution in [3.8, 4) is 0 Å². The van der Waals surface area contributed by atoms with Crippen LogP contribution in [0.25, 0.3) is 0 Å². The van der Waals surface area contributed by atoms with E-state index in [4.69, 9.17) is 4.84 Å². The summed E-state index contributed by atoms with van der Waals surface area (Å²) in [5.74, 6) is -0.628. The van der Waals surface area contributed by atoms with Gasteiger partial charge in [0.25, 0.3) is 11.8 Å². The predicted octanol–water partition coefficient (Wildman–Crippen LogP) is 2.77. The van der Waals surface area contributed by atoms with Crippen LogP contribution in [-0.4, -0.2) is 23.0 Å². The number of carbonyl (C=O) groups excluding carboxylic acids is 2. The summed E-state index contributed by atoms with van der Waals surface area (Å²) in [6, 6.07) is 0. The van der Waals surface area contributed by atoms with Crippen molar-refractivity contribution in [1.82, 2.24) is 5.06 Å². The van der Waals surface area contributed by atoms with Gasteiger partial charge in [0, 0.05) is 10.8 Å². The number of hydrogen-bond acceptors (Lipinski definition) is 3. The molecule has 0 saturated heterocycles. The molecule has 0 radical (unpaired) electrons. The maximum absolute atomic E-state index is 12.2. The highest BCUT2D eigenvalue weighted by atomic mass is 16.7. The van der Waals surface area contributed by atoms with Gasteiger partial charge in [-0.1, -0.05) is 41.5 Å². The van der Waals surface area contributed by atoms with Gasteiger partial charge < -0.3 is 0 Å². The smallest absolute Gasteiger partial charge is 0.258 e. The Labute approximate surface area is 104 Å². The highest BCUT2D eigenvalue weighted by molar-refractivity contribution is 5.98. The Bertz CT molecular complexity index is 269. The summed E-state index contributed by atoms with van der Waals surface area (Å²) in [7, 11) is 0. The van der Waals surface area contributed by atoms with E-state index in [1.54, 1.807) is 55.4 Å². The highest BCUT2D eigenvalue weighted by Crippen LogP contribution is 2.24. The molecule has 0 fully saturated rings. The van der Waals surface area contributed by atoms with Gasteiger partial charge in [0.2, 0.25) is 0 Å². The van der Waals surface area contributed by atoms with Crippen LogP contribution in [0.15, 0.2) is 0 Å². The van der Waals surface area contributed by atoms with Crippen LogP contribution in [0.4, 0.5) is 0 Å². The van der Waals surface area contributed by atoms with Crippen LogP contribution in [0.5, 0.6) is 0 Å². The van der Waals surface area contributed by atoms with Crippen LogP contribution in [0.2, 0.25) is 0 Å². The van der Waals surface area contributed by atoms with Crippen LogP contribution < -0.4 is 0 Å². The molecular weight excluding hydrogens is 218 g/mol. The van der Waals surface area contributed by atoms with E-state index in [9.17, 15) is 9.59 Å². The van der Waals surface area contributed by atoms with Gasteiger partial charge in [0.1, 0.15) is 0 Å². The monoisotopic (exact) mass is 243 g/mol. The lowest BCUT2D eigenvalue weighted by Gasteiger charge is -2.32. The van der Waals surface area contributed by atoms with Crippen LogP contribution in [-0.2, 0) is 14.4 Å². The molecule has 0 heterocycles. The van der Waals surface area contributed by atoms with Gasteiger partial charge in [-0.3, -0.25) is 14.4 Å². The third-order valence-electron chi connectivity index (χ3n) is 1.97. The largest absolute Gasteiger partial charge is 0.271 e. The summed E-state index contributed by atoms with van der Waals surface area (Å²) in [5, 5.41) is 0.921.